The van der Waals surface area contributed by atoms with Crippen LogP contribution < -0.4 is 0 Å². The van der Waals surface area contributed by atoms with Crippen LogP contribution in [0.25, 0.3) is 0 Å². The van der Waals surface area contributed by atoms with Crippen LogP contribution in [-0.2, 0) is 13.1 Å². The largest absolute Gasteiger partial charge is 0.393 e. The molecule has 3 nitrogen and oxygen atoms in total. The Kier molecular flexibility index (Phi) is 4.65. The van der Waals surface area contributed by atoms with E-state index in [9.17, 15) is 5.11 Å². The summed E-state index contributed by atoms with van der Waals surface area (Å²) >= 11 is 0. The van der Waals surface area contributed by atoms with Gasteiger partial charge < -0.3 is 5.11 Å². The molecule has 5 rings (SSSR count). The van der Waals surface area contributed by atoms with E-state index in [1.54, 1.807) is 0 Å². The fourth-order valence-electron chi connectivity index (χ4n) is 4.29. The van der Waals surface area contributed by atoms with E-state index in [2.05, 4.69) is 70.7 Å². The first-order chi connectivity index (χ1) is 11.8. The molecule has 2 atom stereocenters. The Hall–Kier alpha value is -1.68. The lowest BCUT2D eigenvalue weighted by Gasteiger charge is -2.47. The molecular weight excluding hydrogens is 296 g/mol. The number of hydrazine groups is 1. The highest BCUT2D eigenvalue weighted by molar-refractivity contribution is 5.16. The molecule has 3 fully saturated rings. The maximum atomic E-state index is 10.4. The van der Waals surface area contributed by atoms with Crippen molar-refractivity contribution in [1.82, 2.24) is 10.0 Å². The lowest BCUT2D eigenvalue weighted by Crippen LogP contribution is -2.54. The van der Waals surface area contributed by atoms with Crippen LogP contribution >= 0.6 is 0 Å². The van der Waals surface area contributed by atoms with Gasteiger partial charge in [0.1, 0.15) is 0 Å². The molecule has 2 aromatic carbocycles. The van der Waals surface area contributed by atoms with Crippen LogP contribution in [0.1, 0.15) is 36.8 Å². The highest BCUT2D eigenvalue weighted by atomic mass is 16.3. The molecule has 0 radical (unpaired) electrons. The maximum absolute atomic E-state index is 10.4. The zero-order chi connectivity index (χ0) is 16.4. The molecule has 0 amide bonds. The molecule has 1 saturated carbocycles. The number of nitrogens with zero attached hydrogens (tertiary/aromatic N) is 2. The van der Waals surface area contributed by atoms with Gasteiger partial charge in [-0.15, -0.1) is 0 Å². The molecule has 1 N–H and O–H groups in total. The summed E-state index contributed by atoms with van der Waals surface area (Å²) in [6.45, 7) is 1.86. The molecule has 2 aliphatic heterocycles. The molecule has 1 aliphatic carbocycles. The Balaban J connectivity index is 1.61. The van der Waals surface area contributed by atoms with E-state index in [-0.39, 0.29) is 6.10 Å². The van der Waals surface area contributed by atoms with Crippen molar-refractivity contribution in [3.05, 3.63) is 71.8 Å². The number of hydrogen-bond donors (Lipinski definition) is 1. The van der Waals surface area contributed by atoms with E-state index in [0.717, 1.165) is 25.9 Å². The molecular formula is C21H26N2O. The van der Waals surface area contributed by atoms with Crippen molar-refractivity contribution >= 4 is 0 Å². The predicted molar refractivity (Wildman–Crippen MR) is 96.0 cm³/mol. The van der Waals surface area contributed by atoms with Crippen molar-refractivity contribution in [2.24, 2.45) is 0 Å². The SMILES string of the molecule is OC1CC2CCC(C1)N(Cc1ccccc1)N2Cc1ccccc1. The van der Waals surface area contributed by atoms with Gasteiger partial charge in [0.2, 0.25) is 0 Å². The quantitative estimate of drug-likeness (QED) is 0.932. The molecule has 0 spiro atoms. The second kappa shape index (κ2) is 7.06. The first kappa shape index (κ1) is 15.8. The minimum absolute atomic E-state index is 0.165. The number of aliphatic hydroxyl groups is 1. The summed E-state index contributed by atoms with van der Waals surface area (Å²) in [7, 11) is 0. The Bertz CT molecular complexity index is 588. The molecule has 2 aromatic rings. The number of hydrogen-bond acceptors (Lipinski definition) is 3. The number of benzene rings is 2. The molecule has 126 valence electrons. The second-order valence-corrected chi connectivity index (χ2v) is 7.18. The maximum Gasteiger partial charge on any atom is 0.0571 e. The number of fused-ring (bicyclic) bond motifs is 4. The first-order valence-electron chi connectivity index (χ1n) is 9.09. The van der Waals surface area contributed by atoms with Crippen molar-refractivity contribution in [1.29, 1.82) is 0 Å². The lowest BCUT2D eigenvalue weighted by molar-refractivity contribution is -0.128. The summed E-state index contributed by atoms with van der Waals surface area (Å²) in [5.74, 6) is 0. The molecule has 3 heteroatoms. The zero-order valence-corrected chi connectivity index (χ0v) is 14.1. The monoisotopic (exact) mass is 322 g/mol. The fraction of sp³-hybridized carbons (Fsp3) is 0.429. The van der Waals surface area contributed by atoms with Gasteiger partial charge in [-0.1, -0.05) is 60.7 Å². The van der Waals surface area contributed by atoms with E-state index in [4.69, 9.17) is 0 Å². The van der Waals surface area contributed by atoms with Gasteiger partial charge in [-0.3, -0.25) is 0 Å². The average Bonchev–Trinajstić information content (AvgIpc) is 2.87. The average molecular weight is 322 g/mol. The van der Waals surface area contributed by atoms with Crippen molar-refractivity contribution in [3.8, 4) is 0 Å². The fourth-order valence-corrected chi connectivity index (χ4v) is 4.29. The van der Waals surface area contributed by atoms with Gasteiger partial charge in [0, 0.05) is 25.2 Å². The van der Waals surface area contributed by atoms with Gasteiger partial charge in [0.05, 0.1) is 6.10 Å². The van der Waals surface area contributed by atoms with E-state index in [1.807, 2.05) is 0 Å². The highest BCUT2D eigenvalue weighted by Gasteiger charge is 2.40. The predicted octanol–water partition coefficient (Wildman–Crippen LogP) is 3.59. The van der Waals surface area contributed by atoms with Gasteiger partial charge in [-0.25, -0.2) is 10.0 Å². The molecule has 3 aliphatic rings. The Morgan fingerprint density at radius 3 is 1.54 bits per heavy atom. The minimum atomic E-state index is -0.165. The van der Waals surface area contributed by atoms with Crippen LogP contribution in [0.3, 0.4) is 0 Å². The van der Waals surface area contributed by atoms with Crippen LogP contribution in [0.15, 0.2) is 60.7 Å². The summed E-state index contributed by atoms with van der Waals surface area (Å²) in [5, 5.41) is 15.5. The smallest absolute Gasteiger partial charge is 0.0571 e. The summed E-state index contributed by atoms with van der Waals surface area (Å²) in [5.41, 5.74) is 2.69. The minimum Gasteiger partial charge on any atom is -0.393 e. The molecule has 0 aromatic heterocycles. The normalized spacial score (nSPS) is 28.0. The van der Waals surface area contributed by atoms with Crippen molar-refractivity contribution < 1.29 is 5.11 Å². The second-order valence-electron chi connectivity index (χ2n) is 7.18. The molecule has 2 unspecified atom stereocenters. The first-order valence-corrected chi connectivity index (χ1v) is 9.09. The topological polar surface area (TPSA) is 26.7 Å². The Morgan fingerprint density at radius 1 is 0.708 bits per heavy atom. The summed E-state index contributed by atoms with van der Waals surface area (Å²) in [6, 6.07) is 22.3. The van der Waals surface area contributed by atoms with Gasteiger partial charge in [-0.05, 0) is 36.8 Å². The van der Waals surface area contributed by atoms with Crippen LogP contribution in [0, 0.1) is 0 Å². The summed E-state index contributed by atoms with van der Waals surface area (Å²) in [6.07, 6.45) is 4.02. The molecule has 2 heterocycles. The summed E-state index contributed by atoms with van der Waals surface area (Å²) in [4.78, 5) is 0. The van der Waals surface area contributed by atoms with Crippen LogP contribution in [-0.4, -0.2) is 33.3 Å². The third-order valence-electron chi connectivity index (χ3n) is 5.47. The van der Waals surface area contributed by atoms with E-state index in [1.165, 1.54) is 24.0 Å². The zero-order valence-electron chi connectivity index (χ0n) is 14.1. The standard InChI is InChI=1S/C21H26N2O/c24-21-13-19-11-12-20(14-21)23(16-18-9-5-2-6-10-18)22(19)15-17-7-3-1-4-8-17/h1-10,19-21,24H,11-16H2. The van der Waals surface area contributed by atoms with Crippen molar-refractivity contribution in [2.75, 3.05) is 0 Å². The molecule has 2 saturated heterocycles. The number of rotatable bonds is 4. The van der Waals surface area contributed by atoms with Gasteiger partial charge >= 0.3 is 0 Å². The van der Waals surface area contributed by atoms with Crippen LogP contribution in [0.4, 0.5) is 0 Å². The van der Waals surface area contributed by atoms with Crippen molar-refractivity contribution in [2.45, 2.75) is 57.0 Å². The van der Waals surface area contributed by atoms with Gasteiger partial charge in [0.25, 0.3) is 0 Å². The third-order valence-corrected chi connectivity index (χ3v) is 5.47. The number of aliphatic hydroxyl groups excluding tert-OH is 1. The molecule has 2 bridgehead atoms. The highest BCUT2D eigenvalue weighted by Crippen LogP contribution is 2.36. The van der Waals surface area contributed by atoms with Crippen LogP contribution in [0.2, 0.25) is 0 Å². The third kappa shape index (κ3) is 3.39. The van der Waals surface area contributed by atoms with Crippen molar-refractivity contribution in [3.63, 3.8) is 0 Å². The van der Waals surface area contributed by atoms with E-state index < -0.39 is 0 Å². The summed E-state index contributed by atoms with van der Waals surface area (Å²) < 4.78 is 0. The Morgan fingerprint density at radius 2 is 1.12 bits per heavy atom. The van der Waals surface area contributed by atoms with Gasteiger partial charge in [0.15, 0.2) is 0 Å². The lowest BCUT2D eigenvalue weighted by atomic mass is 10.0. The van der Waals surface area contributed by atoms with E-state index in [0.29, 0.717) is 12.1 Å². The molecule has 24 heavy (non-hydrogen) atoms. The van der Waals surface area contributed by atoms with Crippen LogP contribution in [0.5, 0.6) is 0 Å². The van der Waals surface area contributed by atoms with Gasteiger partial charge in [-0.2, -0.15) is 0 Å². The van der Waals surface area contributed by atoms with E-state index >= 15 is 0 Å². The Labute approximate surface area is 144 Å².